The van der Waals surface area contributed by atoms with Crippen LogP contribution in [0.15, 0.2) is 4.99 Å². The van der Waals surface area contributed by atoms with Gasteiger partial charge in [0, 0.05) is 12.3 Å². The fourth-order valence-corrected chi connectivity index (χ4v) is 2.23. The molecule has 1 fully saturated rings. The first kappa shape index (κ1) is 7.79. The standard InChI is InChI=1S/C7H8N2O2S/c10-5-4-6(11)9-2-1-3-12-7(9)8-5/h1-4H2. The van der Waals surface area contributed by atoms with E-state index in [0.717, 1.165) is 18.7 Å². The summed E-state index contributed by atoms with van der Waals surface area (Å²) in [6.45, 7) is 0.720. The van der Waals surface area contributed by atoms with Crippen LogP contribution in [0.5, 0.6) is 0 Å². The Balaban J connectivity index is 2.28. The minimum Gasteiger partial charge on any atom is -0.291 e. The van der Waals surface area contributed by atoms with Gasteiger partial charge in [-0.1, -0.05) is 11.8 Å². The maximum Gasteiger partial charge on any atom is 0.257 e. The van der Waals surface area contributed by atoms with E-state index in [-0.39, 0.29) is 18.2 Å². The van der Waals surface area contributed by atoms with Crippen LogP contribution >= 0.6 is 11.8 Å². The largest absolute Gasteiger partial charge is 0.291 e. The molecule has 0 aliphatic carbocycles. The first-order chi connectivity index (χ1) is 5.77. The SMILES string of the molecule is O=C1CC(=O)N2CCCSC2=N1. The van der Waals surface area contributed by atoms with Gasteiger partial charge in [-0.15, -0.1) is 0 Å². The summed E-state index contributed by atoms with van der Waals surface area (Å²) in [6.07, 6.45) is 0.938. The van der Waals surface area contributed by atoms with Crippen molar-refractivity contribution in [1.82, 2.24) is 4.90 Å². The highest BCUT2D eigenvalue weighted by molar-refractivity contribution is 8.13. The van der Waals surface area contributed by atoms with E-state index in [0.29, 0.717) is 5.17 Å². The third-order valence-electron chi connectivity index (χ3n) is 1.81. The zero-order valence-electron chi connectivity index (χ0n) is 6.45. The Morgan fingerprint density at radius 3 is 3.08 bits per heavy atom. The second kappa shape index (κ2) is 2.90. The van der Waals surface area contributed by atoms with Crippen molar-refractivity contribution in [2.24, 2.45) is 4.99 Å². The average molecular weight is 184 g/mol. The molecule has 0 spiro atoms. The smallest absolute Gasteiger partial charge is 0.257 e. The van der Waals surface area contributed by atoms with E-state index < -0.39 is 0 Å². The molecule has 64 valence electrons. The van der Waals surface area contributed by atoms with Crippen LogP contribution in [0, 0.1) is 0 Å². The van der Waals surface area contributed by atoms with Crippen LogP contribution in [0.25, 0.3) is 0 Å². The van der Waals surface area contributed by atoms with Crippen LogP contribution in [-0.2, 0) is 9.59 Å². The lowest BCUT2D eigenvalue weighted by atomic mass is 10.3. The number of amides is 2. The van der Waals surface area contributed by atoms with Gasteiger partial charge in [-0.2, -0.15) is 4.99 Å². The van der Waals surface area contributed by atoms with Crippen LogP contribution in [0.4, 0.5) is 0 Å². The summed E-state index contributed by atoms with van der Waals surface area (Å²) in [5.74, 6) is 0.549. The van der Waals surface area contributed by atoms with E-state index in [2.05, 4.69) is 4.99 Å². The molecule has 2 rings (SSSR count). The molecule has 2 aliphatic rings. The van der Waals surface area contributed by atoms with Crippen molar-refractivity contribution >= 4 is 28.7 Å². The first-order valence-electron chi connectivity index (χ1n) is 3.82. The van der Waals surface area contributed by atoms with Crippen LogP contribution in [0.1, 0.15) is 12.8 Å². The van der Waals surface area contributed by atoms with Gasteiger partial charge in [-0.3, -0.25) is 14.5 Å². The number of nitrogens with zero attached hydrogens (tertiary/aromatic N) is 2. The molecule has 0 N–H and O–H groups in total. The minimum absolute atomic E-state index is 0.0515. The number of hydrogen-bond acceptors (Lipinski definition) is 3. The number of aliphatic imine (C=N–C) groups is 1. The molecule has 2 aliphatic heterocycles. The Bertz CT molecular complexity index is 275. The molecule has 0 aromatic heterocycles. The van der Waals surface area contributed by atoms with E-state index in [1.807, 2.05) is 0 Å². The Kier molecular flexibility index (Phi) is 1.88. The first-order valence-corrected chi connectivity index (χ1v) is 4.80. The number of carbonyl (C=O) groups excluding carboxylic acids is 2. The van der Waals surface area contributed by atoms with Gasteiger partial charge in [0.15, 0.2) is 5.17 Å². The number of rotatable bonds is 0. The van der Waals surface area contributed by atoms with Gasteiger partial charge in [-0.25, -0.2) is 0 Å². The zero-order valence-corrected chi connectivity index (χ0v) is 7.26. The lowest BCUT2D eigenvalue weighted by Gasteiger charge is -2.29. The minimum atomic E-state index is -0.305. The molecule has 1 saturated heterocycles. The van der Waals surface area contributed by atoms with Gasteiger partial charge >= 0.3 is 0 Å². The molecule has 0 radical (unpaired) electrons. The van der Waals surface area contributed by atoms with Gasteiger partial charge in [0.05, 0.1) is 0 Å². The number of fused-ring (bicyclic) bond motifs is 1. The molecular weight excluding hydrogens is 176 g/mol. The number of hydrogen-bond donors (Lipinski definition) is 0. The molecule has 2 heterocycles. The summed E-state index contributed by atoms with van der Waals surface area (Å²) in [4.78, 5) is 27.5. The van der Waals surface area contributed by atoms with E-state index in [1.54, 1.807) is 4.90 Å². The third-order valence-corrected chi connectivity index (χ3v) is 2.87. The highest BCUT2D eigenvalue weighted by Gasteiger charge is 2.29. The summed E-state index contributed by atoms with van der Waals surface area (Å²) >= 11 is 1.49. The van der Waals surface area contributed by atoms with Gasteiger partial charge in [0.25, 0.3) is 5.91 Å². The highest BCUT2D eigenvalue weighted by atomic mass is 32.2. The van der Waals surface area contributed by atoms with Crippen molar-refractivity contribution in [1.29, 1.82) is 0 Å². The molecule has 5 heteroatoms. The summed E-state index contributed by atoms with van der Waals surface area (Å²) in [6, 6.07) is 0. The topological polar surface area (TPSA) is 49.7 Å². The molecule has 0 bridgehead atoms. The molecule has 0 saturated carbocycles. The Hall–Kier alpha value is -0.840. The predicted molar refractivity (Wildman–Crippen MR) is 45.8 cm³/mol. The van der Waals surface area contributed by atoms with Crippen molar-refractivity contribution in [3.8, 4) is 0 Å². The lowest BCUT2D eigenvalue weighted by molar-refractivity contribution is -0.133. The molecule has 0 aromatic rings. The molecule has 4 nitrogen and oxygen atoms in total. The number of carbonyl (C=O) groups is 2. The normalized spacial score (nSPS) is 23.7. The van der Waals surface area contributed by atoms with Crippen LogP contribution < -0.4 is 0 Å². The maximum atomic E-state index is 11.2. The third kappa shape index (κ3) is 1.24. The van der Waals surface area contributed by atoms with Crippen molar-refractivity contribution in [2.75, 3.05) is 12.3 Å². The van der Waals surface area contributed by atoms with Crippen LogP contribution in [0.3, 0.4) is 0 Å². The van der Waals surface area contributed by atoms with Crippen LogP contribution in [-0.4, -0.2) is 34.2 Å². The molecule has 12 heavy (non-hydrogen) atoms. The van der Waals surface area contributed by atoms with Gasteiger partial charge < -0.3 is 0 Å². The Labute approximate surface area is 74.0 Å². The van der Waals surface area contributed by atoms with Crippen molar-refractivity contribution in [2.45, 2.75) is 12.8 Å². The van der Waals surface area contributed by atoms with E-state index in [4.69, 9.17) is 0 Å². The Morgan fingerprint density at radius 2 is 2.25 bits per heavy atom. The number of thioether (sulfide) groups is 1. The molecule has 0 aromatic carbocycles. The second-order valence-corrected chi connectivity index (χ2v) is 3.77. The maximum absolute atomic E-state index is 11.2. The summed E-state index contributed by atoms with van der Waals surface area (Å²) in [7, 11) is 0. The fourth-order valence-electron chi connectivity index (χ4n) is 1.25. The quantitative estimate of drug-likeness (QED) is 0.507. The summed E-state index contributed by atoms with van der Waals surface area (Å²) in [5, 5.41) is 0.600. The Morgan fingerprint density at radius 1 is 1.42 bits per heavy atom. The fraction of sp³-hybridized carbons (Fsp3) is 0.571. The van der Waals surface area contributed by atoms with E-state index >= 15 is 0 Å². The highest BCUT2D eigenvalue weighted by Crippen LogP contribution is 2.21. The predicted octanol–water partition coefficient (Wildman–Crippen LogP) is 0.238. The summed E-state index contributed by atoms with van der Waals surface area (Å²) < 4.78 is 0. The van der Waals surface area contributed by atoms with Crippen molar-refractivity contribution in [3.63, 3.8) is 0 Å². The van der Waals surface area contributed by atoms with Crippen molar-refractivity contribution in [3.05, 3.63) is 0 Å². The molecule has 0 unspecified atom stereocenters. The van der Waals surface area contributed by atoms with E-state index in [9.17, 15) is 9.59 Å². The van der Waals surface area contributed by atoms with Crippen molar-refractivity contribution < 1.29 is 9.59 Å². The average Bonchev–Trinajstić information content (AvgIpc) is 2.04. The van der Waals surface area contributed by atoms with Gasteiger partial charge in [-0.05, 0) is 6.42 Å². The van der Waals surface area contributed by atoms with Crippen LogP contribution in [0.2, 0.25) is 0 Å². The van der Waals surface area contributed by atoms with Gasteiger partial charge in [0.2, 0.25) is 5.91 Å². The molecule has 2 amide bonds. The molecule has 0 atom stereocenters. The number of amidine groups is 1. The van der Waals surface area contributed by atoms with Gasteiger partial charge in [0.1, 0.15) is 6.42 Å². The molecular formula is C7H8N2O2S. The zero-order chi connectivity index (χ0) is 8.55. The summed E-state index contributed by atoms with van der Waals surface area (Å²) in [5.41, 5.74) is 0. The monoisotopic (exact) mass is 184 g/mol. The second-order valence-electron chi connectivity index (χ2n) is 2.71. The van der Waals surface area contributed by atoms with E-state index in [1.165, 1.54) is 11.8 Å². The lowest BCUT2D eigenvalue weighted by Crippen LogP contribution is -2.43.